The minimum absolute atomic E-state index is 0.0381. The minimum atomic E-state index is -1.11. The van der Waals surface area contributed by atoms with Gasteiger partial charge in [0.15, 0.2) is 0 Å². The van der Waals surface area contributed by atoms with Crippen molar-refractivity contribution in [1.82, 2.24) is 10.4 Å². The van der Waals surface area contributed by atoms with Gasteiger partial charge in [-0.25, -0.2) is 14.7 Å². The molecule has 1 aliphatic heterocycles. The van der Waals surface area contributed by atoms with Crippen LogP contribution < -0.4 is 16.1 Å². The van der Waals surface area contributed by atoms with Crippen molar-refractivity contribution in [3.63, 3.8) is 0 Å². The van der Waals surface area contributed by atoms with E-state index in [1.54, 1.807) is 30.3 Å². The largest absolute Gasteiger partial charge is 0.478 e. The Labute approximate surface area is 212 Å². The SMILES string of the molecule is CN(C)CCONC(=O)c1ccc(NC(=C2C(=O)Nc3cc(C(=O)O)ccc32)c2ccccc2)cc1F. The maximum atomic E-state index is 14.9. The zero-order valence-electron chi connectivity index (χ0n) is 20.2. The van der Waals surface area contributed by atoms with Gasteiger partial charge in [-0.3, -0.25) is 14.4 Å². The molecule has 10 heteroatoms. The molecule has 0 atom stereocenters. The summed E-state index contributed by atoms with van der Waals surface area (Å²) in [7, 11) is 3.72. The van der Waals surface area contributed by atoms with E-state index in [9.17, 15) is 23.9 Å². The summed E-state index contributed by atoms with van der Waals surface area (Å²) in [5.74, 6) is -3.05. The van der Waals surface area contributed by atoms with Gasteiger partial charge in [-0.05, 0) is 50.0 Å². The molecule has 3 aromatic carbocycles. The lowest BCUT2D eigenvalue weighted by Crippen LogP contribution is -2.28. The molecule has 0 unspecified atom stereocenters. The fourth-order valence-electron chi connectivity index (χ4n) is 3.76. The van der Waals surface area contributed by atoms with E-state index >= 15 is 0 Å². The number of carboxylic acids is 1. The number of hydrogen-bond acceptors (Lipinski definition) is 6. The molecule has 0 spiro atoms. The zero-order valence-corrected chi connectivity index (χ0v) is 20.2. The number of aromatic carboxylic acids is 1. The van der Waals surface area contributed by atoms with Crippen molar-refractivity contribution in [2.45, 2.75) is 0 Å². The Balaban J connectivity index is 1.66. The van der Waals surface area contributed by atoms with Crippen LogP contribution in [0.15, 0.2) is 66.7 Å². The monoisotopic (exact) mass is 504 g/mol. The number of carbonyl (C=O) groups excluding carboxylic acids is 2. The first-order chi connectivity index (χ1) is 17.7. The number of amides is 2. The van der Waals surface area contributed by atoms with Gasteiger partial charge in [0.2, 0.25) is 0 Å². The lowest BCUT2D eigenvalue weighted by Gasteiger charge is -2.16. The second-order valence-corrected chi connectivity index (χ2v) is 8.54. The number of carbonyl (C=O) groups is 3. The number of hydrogen-bond donors (Lipinski definition) is 4. The van der Waals surface area contributed by atoms with Gasteiger partial charge in [0.05, 0.1) is 34.7 Å². The predicted octanol–water partition coefficient (Wildman–Crippen LogP) is 3.68. The number of halogens is 1. The van der Waals surface area contributed by atoms with Crippen molar-refractivity contribution in [1.29, 1.82) is 0 Å². The summed E-state index contributed by atoms with van der Waals surface area (Å²) in [5.41, 5.74) is 4.55. The highest BCUT2D eigenvalue weighted by molar-refractivity contribution is 6.37. The van der Waals surface area contributed by atoms with Crippen LogP contribution in [0, 0.1) is 5.82 Å². The molecule has 0 saturated carbocycles. The van der Waals surface area contributed by atoms with Crippen LogP contribution >= 0.6 is 0 Å². The average Bonchev–Trinajstić information content (AvgIpc) is 3.20. The Hall–Kier alpha value is -4.54. The maximum Gasteiger partial charge on any atom is 0.335 e. The van der Waals surface area contributed by atoms with Gasteiger partial charge < -0.3 is 20.6 Å². The number of carboxylic acid groups (broad SMARTS) is 1. The van der Waals surface area contributed by atoms with Gasteiger partial charge in [0, 0.05) is 17.8 Å². The average molecular weight is 505 g/mol. The van der Waals surface area contributed by atoms with Crippen LogP contribution in [0.4, 0.5) is 15.8 Å². The van der Waals surface area contributed by atoms with Crippen molar-refractivity contribution >= 4 is 40.4 Å². The van der Waals surface area contributed by atoms with Crippen LogP contribution in [0.3, 0.4) is 0 Å². The molecule has 2 amide bonds. The molecular formula is C27H25FN4O5. The van der Waals surface area contributed by atoms with Crippen molar-refractivity contribution in [2.24, 2.45) is 0 Å². The highest BCUT2D eigenvalue weighted by Crippen LogP contribution is 2.38. The van der Waals surface area contributed by atoms with Gasteiger partial charge in [0.25, 0.3) is 11.8 Å². The number of likely N-dealkylation sites (N-methyl/N-ethyl adjacent to an activating group) is 1. The summed E-state index contributed by atoms with van der Waals surface area (Å²) < 4.78 is 14.9. The highest BCUT2D eigenvalue weighted by atomic mass is 19.1. The van der Waals surface area contributed by atoms with Crippen molar-refractivity contribution in [3.05, 3.63) is 94.8 Å². The highest BCUT2D eigenvalue weighted by Gasteiger charge is 2.29. The Morgan fingerprint density at radius 3 is 2.46 bits per heavy atom. The standard InChI is InChI=1S/C27H25FN4O5/c1-32(2)12-13-37-31-25(33)19-11-9-18(15-21(19)28)29-24(16-6-4-3-5-7-16)23-20-10-8-17(27(35)36)14-22(20)30-26(23)34/h3-11,14-15,29H,12-13H2,1-2H3,(H,30,34)(H,31,33)(H,35,36). The topological polar surface area (TPSA) is 120 Å². The van der Waals surface area contributed by atoms with Crippen LogP contribution in [0.1, 0.15) is 31.8 Å². The van der Waals surface area contributed by atoms with E-state index in [-0.39, 0.29) is 23.3 Å². The molecule has 0 fully saturated rings. The van der Waals surface area contributed by atoms with Crippen LogP contribution in [0.5, 0.6) is 0 Å². The number of fused-ring (bicyclic) bond motifs is 1. The van der Waals surface area contributed by atoms with Crippen LogP contribution in [-0.4, -0.2) is 55.0 Å². The second kappa shape index (κ2) is 11.0. The van der Waals surface area contributed by atoms with E-state index in [4.69, 9.17) is 4.84 Å². The first-order valence-electron chi connectivity index (χ1n) is 11.4. The van der Waals surface area contributed by atoms with E-state index < -0.39 is 23.6 Å². The molecule has 37 heavy (non-hydrogen) atoms. The molecule has 1 aliphatic rings. The molecule has 1 heterocycles. The lowest BCUT2D eigenvalue weighted by molar-refractivity contribution is -0.110. The maximum absolute atomic E-state index is 14.9. The number of benzene rings is 3. The molecule has 4 rings (SSSR count). The van der Waals surface area contributed by atoms with Gasteiger partial charge in [-0.15, -0.1) is 0 Å². The number of hydroxylamine groups is 1. The number of nitrogens with one attached hydrogen (secondary N) is 3. The minimum Gasteiger partial charge on any atom is -0.478 e. The molecule has 3 aromatic rings. The quantitative estimate of drug-likeness (QED) is 0.199. The van der Waals surface area contributed by atoms with Crippen molar-refractivity contribution < 1.29 is 28.7 Å². The number of nitrogens with zero attached hydrogens (tertiary/aromatic N) is 1. The van der Waals surface area contributed by atoms with Gasteiger partial charge >= 0.3 is 5.97 Å². The summed E-state index contributed by atoms with van der Waals surface area (Å²) >= 11 is 0. The molecule has 190 valence electrons. The van der Waals surface area contributed by atoms with Gasteiger partial charge in [0.1, 0.15) is 5.82 Å². The molecule has 0 radical (unpaired) electrons. The summed E-state index contributed by atoms with van der Waals surface area (Å²) in [5, 5.41) is 15.1. The van der Waals surface area contributed by atoms with Crippen molar-refractivity contribution in [2.75, 3.05) is 37.9 Å². The van der Waals surface area contributed by atoms with E-state index in [0.29, 0.717) is 34.7 Å². The van der Waals surface area contributed by atoms with Crippen LogP contribution in [0.2, 0.25) is 0 Å². The molecule has 0 aromatic heterocycles. The number of anilines is 2. The molecular weight excluding hydrogens is 479 g/mol. The Morgan fingerprint density at radius 2 is 1.78 bits per heavy atom. The predicted molar refractivity (Wildman–Crippen MR) is 137 cm³/mol. The fraction of sp³-hybridized carbons (Fsp3) is 0.148. The summed E-state index contributed by atoms with van der Waals surface area (Å²) in [4.78, 5) is 43.6. The Kier molecular flexibility index (Phi) is 7.61. The molecule has 9 nitrogen and oxygen atoms in total. The fourth-order valence-corrected chi connectivity index (χ4v) is 3.76. The lowest BCUT2D eigenvalue weighted by atomic mass is 9.99. The Bertz CT molecular complexity index is 1390. The zero-order chi connectivity index (χ0) is 26.5. The summed E-state index contributed by atoms with van der Waals surface area (Å²) in [6, 6.07) is 17.3. The summed E-state index contributed by atoms with van der Waals surface area (Å²) in [6.07, 6.45) is 0. The van der Waals surface area contributed by atoms with Gasteiger partial charge in [-0.2, -0.15) is 0 Å². The summed E-state index contributed by atoms with van der Waals surface area (Å²) in [6.45, 7) is 0.822. The van der Waals surface area contributed by atoms with E-state index in [1.807, 2.05) is 25.1 Å². The van der Waals surface area contributed by atoms with E-state index in [0.717, 1.165) is 6.07 Å². The van der Waals surface area contributed by atoms with Crippen LogP contribution in [0.25, 0.3) is 11.3 Å². The molecule has 0 bridgehead atoms. The van der Waals surface area contributed by atoms with Crippen LogP contribution in [-0.2, 0) is 9.63 Å². The molecule has 4 N–H and O–H groups in total. The third-order valence-corrected chi connectivity index (χ3v) is 5.61. The van der Waals surface area contributed by atoms with E-state index in [2.05, 4.69) is 16.1 Å². The van der Waals surface area contributed by atoms with Crippen molar-refractivity contribution in [3.8, 4) is 0 Å². The first kappa shape index (κ1) is 25.5. The smallest absolute Gasteiger partial charge is 0.335 e. The van der Waals surface area contributed by atoms with E-state index in [1.165, 1.54) is 24.3 Å². The number of rotatable bonds is 9. The third-order valence-electron chi connectivity index (χ3n) is 5.61. The second-order valence-electron chi connectivity index (χ2n) is 8.54. The van der Waals surface area contributed by atoms with Gasteiger partial charge in [-0.1, -0.05) is 36.4 Å². The molecule has 0 saturated heterocycles. The first-order valence-corrected chi connectivity index (χ1v) is 11.4. The molecule has 0 aliphatic carbocycles. The normalized spacial score (nSPS) is 13.7. The Morgan fingerprint density at radius 1 is 1.03 bits per heavy atom. The third kappa shape index (κ3) is 5.83.